The van der Waals surface area contributed by atoms with Crippen LogP contribution in [-0.4, -0.2) is 23.9 Å². The van der Waals surface area contributed by atoms with Crippen molar-refractivity contribution < 1.29 is 22.7 Å². The normalized spacial score (nSPS) is 25.9. The Morgan fingerprint density at radius 3 is 2.12 bits per heavy atom. The van der Waals surface area contributed by atoms with Crippen molar-refractivity contribution in [3.8, 4) is 0 Å². The number of amides is 1. The molecule has 0 aromatic heterocycles. The van der Waals surface area contributed by atoms with E-state index in [-0.39, 0.29) is 6.42 Å². The Kier molecular flexibility index (Phi) is 3.40. The molecule has 1 amide bonds. The summed E-state index contributed by atoms with van der Waals surface area (Å²) in [5.41, 5.74) is -0.693. The molecule has 2 atom stereocenters. The molecule has 3 nitrogen and oxygen atoms in total. The van der Waals surface area contributed by atoms with Gasteiger partial charge >= 0.3 is 12.3 Å². The molecule has 0 bridgehead atoms. The zero-order chi connectivity index (χ0) is 12.6. The second kappa shape index (κ2) is 4.14. The Labute approximate surface area is 92.3 Å². The third kappa shape index (κ3) is 3.57. The van der Waals surface area contributed by atoms with Crippen LogP contribution in [0.5, 0.6) is 0 Å². The van der Waals surface area contributed by atoms with Crippen LogP contribution in [0, 0.1) is 5.92 Å². The third-order valence-electron chi connectivity index (χ3n) is 2.40. The summed E-state index contributed by atoms with van der Waals surface area (Å²) in [6, 6.07) is -0.838. The monoisotopic (exact) mass is 239 g/mol. The van der Waals surface area contributed by atoms with Gasteiger partial charge in [-0.05, 0) is 33.6 Å². The fourth-order valence-electron chi connectivity index (χ4n) is 1.52. The van der Waals surface area contributed by atoms with E-state index in [1.165, 1.54) is 0 Å². The quantitative estimate of drug-likeness (QED) is 0.764. The third-order valence-corrected chi connectivity index (χ3v) is 2.40. The summed E-state index contributed by atoms with van der Waals surface area (Å²) in [7, 11) is 0. The summed E-state index contributed by atoms with van der Waals surface area (Å²) in [4.78, 5) is 11.2. The van der Waals surface area contributed by atoms with Gasteiger partial charge in [0.25, 0.3) is 0 Å². The van der Waals surface area contributed by atoms with Gasteiger partial charge in [0.15, 0.2) is 0 Å². The molecule has 2 unspecified atom stereocenters. The predicted molar refractivity (Wildman–Crippen MR) is 51.9 cm³/mol. The molecule has 16 heavy (non-hydrogen) atoms. The summed E-state index contributed by atoms with van der Waals surface area (Å²) in [6.45, 7) is 4.98. The lowest BCUT2D eigenvalue weighted by Gasteiger charge is -2.38. The predicted octanol–water partition coefficient (Wildman–Crippen LogP) is 2.85. The van der Waals surface area contributed by atoms with E-state index >= 15 is 0 Å². The van der Waals surface area contributed by atoms with Crippen LogP contribution >= 0.6 is 0 Å². The van der Waals surface area contributed by atoms with Gasteiger partial charge in [0.05, 0.1) is 5.92 Å². The van der Waals surface area contributed by atoms with Crippen molar-refractivity contribution in [2.75, 3.05) is 0 Å². The van der Waals surface area contributed by atoms with Gasteiger partial charge in [-0.3, -0.25) is 0 Å². The van der Waals surface area contributed by atoms with Crippen LogP contribution in [0.25, 0.3) is 0 Å². The van der Waals surface area contributed by atoms with Crippen molar-refractivity contribution >= 4 is 6.09 Å². The number of nitrogens with one attached hydrogen (secondary N) is 1. The Morgan fingerprint density at radius 2 is 1.81 bits per heavy atom. The molecule has 94 valence electrons. The fourth-order valence-corrected chi connectivity index (χ4v) is 1.52. The maximum absolute atomic E-state index is 12.3. The molecule has 1 saturated carbocycles. The first kappa shape index (κ1) is 13.1. The van der Waals surface area contributed by atoms with E-state index in [1.807, 2.05) is 0 Å². The second-order valence-electron chi connectivity index (χ2n) is 4.98. The molecule has 1 N–H and O–H groups in total. The Bertz CT molecular complexity index is 270. The Morgan fingerprint density at radius 1 is 1.25 bits per heavy atom. The first-order valence-corrected chi connectivity index (χ1v) is 5.16. The first-order chi connectivity index (χ1) is 7.09. The molecule has 0 radical (unpaired) electrons. The average molecular weight is 239 g/mol. The van der Waals surface area contributed by atoms with Crippen LogP contribution in [0.4, 0.5) is 18.0 Å². The van der Waals surface area contributed by atoms with Crippen LogP contribution in [0.1, 0.15) is 33.6 Å². The van der Waals surface area contributed by atoms with E-state index in [0.717, 1.165) is 0 Å². The Hall–Kier alpha value is -0.940. The van der Waals surface area contributed by atoms with E-state index in [0.29, 0.717) is 6.42 Å². The lowest BCUT2D eigenvalue weighted by atomic mass is 9.79. The highest BCUT2D eigenvalue weighted by atomic mass is 19.4. The Balaban J connectivity index is 2.42. The summed E-state index contributed by atoms with van der Waals surface area (Å²) >= 11 is 0. The molecule has 0 spiro atoms. The molecule has 0 aromatic rings. The molecule has 0 heterocycles. The molecule has 1 fully saturated rings. The van der Waals surface area contributed by atoms with Crippen molar-refractivity contribution in [3.05, 3.63) is 0 Å². The molecule has 1 aliphatic carbocycles. The largest absolute Gasteiger partial charge is 0.444 e. The minimum absolute atomic E-state index is 0.0734. The van der Waals surface area contributed by atoms with Crippen molar-refractivity contribution in [3.63, 3.8) is 0 Å². The lowest BCUT2D eigenvalue weighted by Crippen LogP contribution is -2.53. The van der Waals surface area contributed by atoms with E-state index in [1.54, 1.807) is 20.8 Å². The highest BCUT2D eigenvalue weighted by molar-refractivity contribution is 5.68. The smallest absolute Gasteiger partial charge is 0.407 e. The summed E-state index contributed by atoms with van der Waals surface area (Å²) in [6.07, 6.45) is -4.60. The van der Waals surface area contributed by atoms with Gasteiger partial charge in [-0.2, -0.15) is 13.2 Å². The number of alkyl halides is 3. The maximum Gasteiger partial charge on any atom is 0.407 e. The van der Waals surface area contributed by atoms with Crippen LogP contribution < -0.4 is 5.32 Å². The number of halogens is 3. The van der Waals surface area contributed by atoms with Crippen LogP contribution in [0.2, 0.25) is 0 Å². The highest BCUT2D eigenvalue weighted by Gasteiger charge is 2.50. The van der Waals surface area contributed by atoms with Crippen LogP contribution in [0.3, 0.4) is 0 Å². The minimum atomic E-state index is -4.24. The molecule has 0 saturated heterocycles. The van der Waals surface area contributed by atoms with Crippen molar-refractivity contribution in [1.82, 2.24) is 5.32 Å². The van der Waals surface area contributed by atoms with Gasteiger partial charge in [0, 0.05) is 6.04 Å². The molecule has 1 aliphatic rings. The van der Waals surface area contributed by atoms with Crippen LogP contribution in [-0.2, 0) is 4.74 Å². The molecular weight excluding hydrogens is 223 g/mol. The number of ether oxygens (including phenoxy) is 1. The molecule has 6 heteroatoms. The van der Waals surface area contributed by atoms with Gasteiger partial charge in [0.2, 0.25) is 0 Å². The maximum atomic E-state index is 12.3. The first-order valence-electron chi connectivity index (χ1n) is 5.16. The van der Waals surface area contributed by atoms with E-state index in [2.05, 4.69) is 5.32 Å². The number of rotatable bonds is 1. The average Bonchev–Trinajstić information content (AvgIpc) is 1.90. The number of carbonyl (C=O) groups is 1. The topological polar surface area (TPSA) is 38.3 Å². The van der Waals surface area contributed by atoms with Crippen molar-refractivity contribution in [2.45, 2.75) is 51.4 Å². The minimum Gasteiger partial charge on any atom is -0.444 e. The number of hydrogen-bond donors (Lipinski definition) is 1. The zero-order valence-corrected chi connectivity index (χ0v) is 9.52. The summed E-state index contributed by atoms with van der Waals surface area (Å²) in [5.74, 6) is -1.43. The van der Waals surface area contributed by atoms with Gasteiger partial charge in [-0.1, -0.05) is 0 Å². The highest BCUT2D eigenvalue weighted by Crippen LogP contribution is 2.41. The summed E-state index contributed by atoms with van der Waals surface area (Å²) < 4.78 is 41.9. The number of hydrogen-bond acceptors (Lipinski definition) is 2. The fraction of sp³-hybridized carbons (Fsp3) is 0.900. The van der Waals surface area contributed by atoms with Gasteiger partial charge in [-0.25, -0.2) is 4.79 Å². The molecule has 1 rings (SSSR count). The zero-order valence-electron chi connectivity index (χ0n) is 9.52. The van der Waals surface area contributed by atoms with Crippen molar-refractivity contribution in [2.24, 2.45) is 5.92 Å². The van der Waals surface area contributed by atoms with Gasteiger partial charge in [-0.15, -0.1) is 0 Å². The van der Waals surface area contributed by atoms with E-state index in [9.17, 15) is 18.0 Å². The molecule has 0 aromatic carbocycles. The van der Waals surface area contributed by atoms with E-state index < -0.39 is 29.8 Å². The number of alkyl carbamates (subject to hydrolysis) is 1. The number of carbonyl (C=O) groups excluding carboxylic acids is 1. The summed E-state index contributed by atoms with van der Waals surface area (Å²) in [5, 5.41) is 2.25. The lowest BCUT2D eigenvalue weighted by molar-refractivity contribution is -0.202. The van der Waals surface area contributed by atoms with Gasteiger partial charge in [0.1, 0.15) is 5.60 Å². The molecular formula is C10H16F3NO2. The van der Waals surface area contributed by atoms with Crippen molar-refractivity contribution in [1.29, 1.82) is 0 Å². The van der Waals surface area contributed by atoms with Gasteiger partial charge < -0.3 is 10.1 Å². The van der Waals surface area contributed by atoms with Crippen LogP contribution in [0.15, 0.2) is 0 Å². The molecule has 0 aliphatic heterocycles. The standard InChI is InChI=1S/C10H16F3NO2/c1-9(2,3)16-8(15)14-7-5-4-6(7)10(11,12)13/h6-7H,4-5H2,1-3H3,(H,14,15). The second-order valence-corrected chi connectivity index (χ2v) is 4.98. The SMILES string of the molecule is CC(C)(C)OC(=O)NC1CCC1C(F)(F)F. The van der Waals surface area contributed by atoms with E-state index in [4.69, 9.17) is 4.74 Å².